The minimum atomic E-state index is 0.644. The van der Waals surface area contributed by atoms with Crippen molar-refractivity contribution < 1.29 is 4.74 Å². The lowest BCUT2D eigenvalue weighted by molar-refractivity contribution is 0.415. The van der Waals surface area contributed by atoms with Crippen molar-refractivity contribution in [3.05, 3.63) is 35.5 Å². The van der Waals surface area contributed by atoms with Crippen LogP contribution in [0.1, 0.15) is 4.88 Å². The summed E-state index contributed by atoms with van der Waals surface area (Å²) in [6.07, 6.45) is 1.52. The Morgan fingerprint density at radius 2 is 1.95 bits per heavy atom. The van der Waals surface area contributed by atoms with E-state index >= 15 is 0 Å². The Hall–Kier alpha value is -2.18. The lowest BCUT2D eigenvalue weighted by Gasteiger charge is -2.06. The number of aromatic nitrogens is 2. The van der Waals surface area contributed by atoms with Crippen LogP contribution in [0.3, 0.4) is 0 Å². The first kappa shape index (κ1) is 12.8. The Bertz CT molecular complexity index is 752. The molecule has 0 unspecified atom stereocenters. The number of thiophene rings is 1. The van der Waals surface area contributed by atoms with Crippen molar-refractivity contribution in [2.24, 2.45) is 5.84 Å². The van der Waals surface area contributed by atoms with Crippen LogP contribution in [0.2, 0.25) is 0 Å². The highest BCUT2D eigenvalue weighted by Crippen LogP contribution is 2.40. The molecular formula is C14H14N4OS. The van der Waals surface area contributed by atoms with Crippen molar-refractivity contribution >= 4 is 27.4 Å². The molecule has 0 radical (unpaired) electrons. The summed E-state index contributed by atoms with van der Waals surface area (Å²) in [5.41, 5.74) is 4.86. The average Bonchev–Trinajstić information content (AvgIpc) is 2.83. The van der Waals surface area contributed by atoms with Gasteiger partial charge in [0.25, 0.3) is 0 Å². The molecule has 5 nitrogen and oxygen atoms in total. The van der Waals surface area contributed by atoms with E-state index in [0.717, 1.165) is 27.1 Å². The molecule has 0 aliphatic heterocycles. The van der Waals surface area contributed by atoms with Gasteiger partial charge < -0.3 is 10.2 Å². The summed E-state index contributed by atoms with van der Waals surface area (Å²) in [5.74, 6) is 7.04. The van der Waals surface area contributed by atoms with Crippen LogP contribution in [-0.4, -0.2) is 17.1 Å². The van der Waals surface area contributed by atoms with E-state index in [9.17, 15) is 0 Å². The summed E-state index contributed by atoms with van der Waals surface area (Å²) in [6.45, 7) is 2.08. The van der Waals surface area contributed by atoms with Crippen LogP contribution in [0.25, 0.3) is 21.3 Å². The predicted molar refractivity (Wildman–Crippen MR) is 82.0 cm³/mol. The third kappa shape index (κ3) is 1.99. The summed E-state index contributed by atoms with van der Waals surface area (Å²) < 4.78 is 5.19. The van der Waals surface area contributed by atoms with Crippen LogP contribution < -0.4 is 16.0 Å². The fourth-order valence-electron chi connectivity index (χ4n) is 2.26. The molecule has 0 spiro atoms. The molecule has 3 aromatic rings. The van der Waals surface area contributed by atoms with E-state index in [0.29, 0.717) is 5.82 Å². The monoisotopic (exact) mass is 286 g/mol. The average molecular weight is 286 g/mol. The summed E-state index contributed by atoms with van der Waals surface area (Å²) in [5, 5.41) is 0.961. The highest BCUT2D eigenvalue weighted by atomic mass is 32.1. The maximum Gasteiger partial charge on any atom is 0.152 e. The molecule has 0 atom stereocenters. The van der Waals surface area contributed by atoms with E-state index in [-0.39, 0.29) is 0 Å². The van der Waals surface area contributed by atoms with Crippen LogP contribution in [-0.2, 0) is 0 Å². The minimum Gasteiger partial charge on any atom is -0.497 e. The zero-order chi connectivity index (χ0) is 14.1. The molecule has 0 aliphatic rings. The first-order valence-corrected chi connectivity index (χ1v) is 6.91. The van der Waals surface area contributed by atoms with E-state index in [4.69, 9.17) is 10.6 Å². The normalized spacial score (nSPS) is 10.8. The molecule has 0 aliphatic carbocycles. The van der Waals surface area contributed by atoms with Gasteiger partial charge in [-0.1, -0.05) is 12.1 Å². The summed E-state index contributed by atoms with van der Waals surface area (Å²) in [6, 6.07) is 7.94. The Labute approximate surface area is 120 Å². The third-order valence-corrected chi connectivity index (χ3v) is 4.19. The highest BCUT2D eigenvalue weighted by molar-refractivity contribution is 7.19. The van der Waals surface area contributed by atoms with Gasteiger partial charge in [-0.25, -0.2) is 15.8 Å². The van der Waals surface area contributed by atoms with Crippen molar-refractivity contribution in [2.75, 3.05) is 12.5 Å². The largest absolute Gasteiger partial charge is 0.497 e. The van der Waals surface area contributed by atoms with Gasteiger partial charge in [0.2, 0.25) is 0 Å². The quantitative estimate of drug-likeness (QED) is 0.572. The number of hydrogen-bond acceptors (Lipinski definition) is 6. The molecule has 0 saturated carbocycles. The van der Waals surface area contributed by atoms with Crippen molar-refractivity contribution in [3.63, 3.8) is 0 Å². The van der Waals surface area contributed by atoms with Gasteiger partial charge in [0.1, 0.15) is 16.9 Å². The standard InChI is InChI=1S/C14H14N4OS/c1-8-11(9-3-5-10(19-2)6-4-9)12-13(18-15)16-7-17-14(12)20-8/h3-7H,15H2,1-2H3,(H,16,17,18). The number of benzene rings is 1. The molecule has 1 aromatic carbocycles. The van der Waals surface area contributed by atoms with Crippen LogP contribution >= 0.6 is 11.3 Å². The maximum absolute atomic E-state index is 5.56. The number of hydrazine groups is 1. The molecule has 0 fully saturated rings. The molecule has 3 N–H and O–H groups in total. The van der Waals surface area contributed by atoms with E-state index in [1.165, 1.54) is 11.2 Å². The van der Waals surface area contributed by atoms with Gasteiger partial charge in [-0.05, 0) is 24.6 Å². The molecular weight excluding hydrogens is 272 g/mol. The smallest absolute Gasteiger partial charge is 0.152 e. The van der Waals surface area contributed by atoms with E-state index in [2.05, 4.69) is 22.3 Å². The lowest BCUT2D eigenvalue weighted by atomic mass is 10.0. The number of nitrogen functional groups attached to an aromatic ring is 1. The Morgan fingerprint density at radius 1 is 1.20 bits per heavy atom. The second-order valence-corrected chi connectivity index (χ2v) is 5.51. The van der Waals surface area contributed by atoms with Gasteiger partial charge in [-0.2, -0.15) is 0 Å². The maximum atomic E-state index is 5.56. The van der Waals surface area contributed by atoms with Crippen molar-refractivity contribution in [1.82, 2.24) is 9.97 Å². The molecule has 20 heavy (non-hydrogen) atoms. The van der Waals surface area contributed by atoms with Gasteiger partial charge in [0.15, 0.2) is 5.82 Å². The Morgan fingerprint density at radius 3 is 2.60 bits per heavy atom. The fraction of sp³-hybridized carbons (Fsp3) is 0.143. The van der Waals surface area contributed by atoms with E-state index in [1.54, 1.807) is 18.4 Å². The number of nitrogens with two attached hydrogens (primary N) is 1. The molecule has 102 valence electrons. The molecule has 0 saturated heterocycles. The molecule has 2 aromatic heterocycles. The summed E-state index contributed by atoms with van der Waals surface area (Å²) in [4.78, 5) is 10.6. The van der Waals surface area contributed by atoms with Crippen LogP contribution in [0, 0.1) is 6.92 Å². The summed E-state index contributed by atoms with van der Waals surface area (Å²) >= 11 is 1.64. The number of hydrogen-bond donors (Lipinski definition) is 2. The highest BCUT2D eigenvalue weighted by Gasteiger charge is 2.16. The SMILES string of the molecule is COc1ccc(-c2c(C)sc3ncnc(NN)c23)cc1. The number of fused-ring (bicyclic) bond motifs is 1. The predicted octanol–water partition coefficient (Wildman–Crippen LogP) is 2.96. The van der Waals surface area contributed by atoms with Gasteiger partial charge in [0, 0.05) is 10.4 Å². The van der Waals surface area contributed by atoms with Crippen molar-refractivity contribution in [1.29, 1.82) is 0 Å². The molecule has 6 heteroatoms. The fourth-order valence-corrected chi connectivity index (χ4v) is 3.27. The lowest BCUT2D eigenvalue weighted by Crippen LogP contribution is -2.09. The second kappa shape index (κ2) is 5.07. The van der Waals surface area contributed by atoms with Crippen LogP contribution in [0.5, 0.6) is 5.75 Å². The number of nitrogens with zero attached hydrogens (tertiary/aromatic N) is 2. The first-order valence-electron chi connectivity index (χ1n) is 6.09. The zero-order valence-electron chi connectivity index (χ0n) is 11.2. The first-order chi connectivity index (χ1) is 9.74. The van der Waals surface area contributed by atoms with Gasteiger partial charge in [0.05, 0.1) is 12.5 Å². The number of rotatable bonds is 3. The van der Waals surface area contributed by atoms with Crippen molar-refractivity contribution in [2.45, 2.75) is 6.92 Å². The summed E-state index contributed by atoms with van der Waals surface area (Å²) in [7, 11) is 1.66. The Balaban J connectivity index is 2.26. The van der Waals surface area contributed by atoms with Crippen molar-refractivity contribution in [3.8, 4) is 16.9 Å². The number of methoxy groups -OCH3 is 1. The van der Waals surface area contributed by atoms with Crippen LogP contribution in [0.15, 0.2) is 30.6 Å². The number of ether oxygens (including phenoxy) is 1. The zero-order valence-corrected chi connectivity index (χ0v) is 12.0. The van der Waals surface area contributed by atoms with Gasteiger partial charge >= 0.3 is 0 Å². The van der Waals surface area contributed by atoms with Gasteiger partial charge in [-0.3, -0.25) is 0 Å². The molecule has 0 amide bonds. The van der Waals surface area contributed by atoms with Gasteiger partial charge in [-0.15, -0.1) is 11.3 Å². The number of nitrogens with one attached hydrogen (secondary N) is 1. The molecule has 2 heterocycles. The third-order valence-electron chi connectivity index (χ3n) is 3.18. The minimum absolute atomic E-state index is 0.644. The molecule has 3 rings (SSSR count). The van der Waals surface area contributed by atoms with E-state index in [1.807, 2.05) is 24.3 Å². The number of anilines is 1. The Kier molecular flexibility index (Phi) is 3.25. The number of aryl methyl sites for hydroxylation is 1. The molecule has 0 bridgehead atoms. The topological polar surface area (TPSA) is 73.1 Å². The second-order valence-electron chi connectivity index (χ2n) is 4.31. The van der Waals surface area contributed by atoms with E-state index < -0.39 is 0 Å². The van der Waals surface area contributed by atoms with Crippen LogP contribution in [0.4, 0.5) is 5.82 Å².